The van der Waals surface area contributed by atoms with E-state index in [9.17, 15) is 14.0 Å². The van der Waals surface area contributed by atoms with Crippen LogP contribution in [-0.4, -0.2) is 11.7 Å². The van der Waals surface area contributed by atoms with E-state index < -0.39 is 11.7 Å². The predicted molar refractivity (Wildman–Crippen MR) is 85.3 cm³/mol. The number of hydrogen-bond acceptors (Lipinski definition) is 3. The highest BCUT2D eigenvalue weighted by Crippen LogP contribution is 2.18. The van der Waals surface area contributed by atoms with Crippen LogP contribution >= 0.6 is 11.6 Å². The molecule has 1 aromatic rings. The first-order chi connectivity index (χ1) is 10.3. The van der Waals surface area contributed by atoms with Crippen molar-refractivity contribution in [2.24, 2.45) is 17.7 Å². The number of carbonyl (C=O) groups excluding carboxylic acids is 2. The van der Waals surface area contributed by atoms with Gasteiger partial charge in [-0.2, -0.15) is 0 Å². The largest absolute Gasteiger partial charge is 0.295 e. The summed E-state index contributed by atoms with van der Waals surface area (Å²) in [4.78, 5) is 23.6. The summed E-state index contributed by atoms with van der Waals surface area (Å²) in [5.74, 6) is 3.77. The monoisotopic (exact) mass is 326 g/mol. The van der Waals surface area contributed by atoms with E-state index >= 15 is 0 Å². The summed E-state index contributed by atoms with van der Waals surface area (Å²) in [7, 11) is 0. The van der Waals surface area contributed by atoms with Crippen LogP contribution in [0, 0.1) is 17.7 Å². The predicted octanol–water partition coefficient (Wildman–Crippen LogP) is 3.10. The van der Waals surface area contributed by atoms with Gasteiger partial charge in [0, 0.05) is 22.9 Å². The van der Waals surface area contributed by atoms with Gasteiger partial charge in [0.2, 0.25) is 5.91 Å². The molecule has 0 bridgehead atoms. The van der Waals surface area contributed by atoms with Gasteiger partial charge in [0.05, 0.1) is 0 Å². The first-order valence-corrected chi connectivity index (χ1v) is 7.37. The molecule has 1 atom stereocenters. The molecule has 0 spiro atoms. The average molecular weight is 327 g/mol. The lowest BCUT2D eigenvalue weighted by atomic mass is 9.91. The zero-order chi connectivity index (χ0) is 16.7. The molecule has 0 fully saturated rings. The third-order valence-corrected chi connectivity index (χ3v) is 3.36. The first-order valence-electron chi connectivity index (χ1n) is 7.00. The van der Waals surface area contributed by atoms with Gasteiger partial charge in [-0.3, -0.25) is 15.0 Å². The van der Waals surface area contributed by atoms with Gasteiger partial charge in [0.1, 0.15) is 5.82 Å². The molecule has 22 heavy (non-hydrogen) atoms. The van der Waals surface area contributed by atoms with E-state index in [2.05, 4.69) is 5.43 Å². The molecule has 0 saturated heterocycles. The fourth-order valence-corrected chi connectivity index (χ4v) is 2.26. The van der Waals surface area contributed by atoms with Crippen molar-refractivity contribution in [1.29, 1.82) is 0 Å². The molecule has 0 saturated carbocycles. The lowest BCUT2D eigenvalue weighted by Gasteiger charge is -2.15. The third-order valence-electron chi connectivity index (χ3n) is 3.13. The number of rotatable bonds is 7. The lowest BCUT2D eigenvalue weighted by molar-refractivity contribution is -0.128. The number of hydrazine groups is 1. The summed E-state index contributed by atoms with van der Waals surface area (Å²) in [6, 6.07) is 4.20. The molecule has 0 aliphatic carbocycles. The van der Waals surface area contributed by atoms with Crippen molar-refractivity contribution in [2.75, 3.05) is 0 Å². The van der Waals surface area contributed by atoms with Gasteiger partial charge in [0.25, 0.3) is 0 Å². The Morgan fingerprint density at radius 2 is 2.09 bits per heavy atom. The molecule has 1 amide bonds. The fraction of sp³-hybridized carbons (Fsp3) is 0.375. The van der Waals surface area contributed by atoms with Crippen LogP contribution in [0.5, 0.6) is 0 Å². The fourth-order valence-electron chi connectivity index (χ4n) is 2.10. The van der Waals surface area contributed by atoms with Gasteiger partial charge in [0.15, 0.2) is 5.78 Å². The highest BCUT2D eigenvalue weighted by molar-refractivity contribution is 6.30. The van der Waals surface area contributed by atoms with Crippen LogP contribution in [0.4, 0.5) is 4.39 Å². The molecule has 1 aromatic carbocycles. The third kappa shape index (κ3) is 5.95. The Kier molecular flexibility index (Phi) is 7.21. The summed E-state index contributed by atoms with van der Waals surface area (Å²) >= 11 is 5.66. The van der Waals surface area contributed by atoms with Crippen molar-refractivity contribution in [3.05, 3.63) is 40.7 Å². The van der Waals surface area contributed by atoms with Crippen molar-refractivity contribution in [1.82, 2.24) is 5.43 Å². The van der Waals surface area contributed by atoms with Crippen LogP contribution in [0.3, 0.4) is 0 Å². The smallest absolute Gasteiger partial charge is 0.237 e. The average Bonchev–Trinajstić information content (AvgIpc) is 2.44. The van der Waals surface area contributed by atoms with Gasteiger partial charge in [-0.05, 0) is 36.6 Å². The Labute approximate surface area is 134 Å². The summed E-state index contributed by atoms with van der Waals surface area (Å²) in [5.41, 5.74) is 2.34. The van der Waals surface area contributed by atoms with Gasteiger partial charge in [-0.1, -0.05) is 31.5 Å². The Morgan fingerprint density at radius 3 is 2.64 bits per heavy atom. The standard InChI is InChI=1S/C16H20ClFN2O2/c1-10(2)7-12(16(22)20-19)8-14(21)6-4-11-3-5-13(17)9-15(11)18/h3-6,9-10,12H,7-8,19H2,1-2H3,(H,20,22)/b6-4+/t12-/m1/s1. The summed E-state index contributed by atoms with van der Waals surface area (Å²) in [6.07, 6.45) is 3.23. The Bertz CT molecular complexity index is 573. The van der Waals surface area contributed by atoms with Crippen molar-refractivity contribution < 1.29 is 14.0 Å². The van der Waals surface area contributed by atoms with E-state index in [1.807, 2.05) is 13.8 Å². The molecular formula is C16H20ClFN2O2. The van der Waals surface area contributed by atoms with Gasteiger partial charge < -0.3 is 0 Å². The minimum absolute atomic E-state index is 0.0346. The normalized spacial score (nSPS) is 12.6. The lowest BCUT2D eigenvalue weighted by Crippen LogP contribution is -2.37. The Hall–Kier alpha value is -1.72. The summed E-state index contributed by atoms with van der Waals surface area (Å²) in [5, 5.41) is 0.289. The number of ketones is 1. The number of nitrogens with two attached hydrogens (primary N) is 1. The molecule has 0 aliphatic rings. The van der Waals surface area contributed by atoms with Crippen LogP contribution in [0.15, 0.2) is 24.3 Å². The molecule has 4 nitrogen and oxygen atoms in total. The van der Waals surface area contributed by atoms with Crippen LogP contribution in [-0.2, 0) is 9.59 Å². The van der Waals surface area contributed by atoms with Gasteiger partial charge in [-0.25, -0.2) is 10.2 Å². The van der Waals surface area contributed by atoms with Crippen molar-refractivity contribution in [3.8, 4) is 0 Å². The SMILES string of the molecule is CC(C)C[C@H](CC(=O)/C=C/c1ccc(Cl)cc1F)C(=O)NN. The number of hydrogen-bond donors (Lipinski definition) is 2. The van der Waals surface area contributed by atoms with Crippen molar-refractivity contribution in [3.63, 3.8) is 0 Å². The minimum Gasteiger partial charge on any atom is -0.295 e. The first kappa shape index (κ1) is 18.3. The minimum atomic E-state index is -0.505. The van der Waals surface area contributed by atoms with Crippen molar-refractivity contribution in [2.45, 2.75) is 26.7 Å². The number of halogens is 2. The van der Waals surface area contributed by atoms with E-state index in [0.717, 1.165) is 0 Å². The molecule has 120 valence electrons. The van der Waals surface area contributed by atoms with Crippen LogP contribution in [0.1, 0.15) is 32.3 Å². The number of allylic oxidation sites excluding steroid dienone is 1. The maximum absolute atomic E-state index is 13.6. The van der Waals surface area contributed by atoms with Crippen molar-refractivity contribution >= 4 is 29.4 Å². The van der Waals surface area contributed by atoms with Crippen LogP contribution < -0.4 is 11.3 Å². The van der Waals surface area contributed by atoms with E-state index in [-0.39, 0.29) is 34.6 Å². The molecule has 6 heteroatoms. The number of benzene rings is 1. The molecule has 3 N–H and O–H groups in total. The Morgan fingerprint density at radius 1 is 1.41 bits per heavy atom. The number of amides is 1. The highest BCUT2D eigenvalue weighted by atomic mass is 35.5. The zero-order valence-electron chi connectivity index (χ0n) is 12.6. The number of carbonyl (C=O) groups is 2. The highest BCUT2D eigenvalue weighted by Gasteiger charge is 2.21. The van der Waals surface area contributed by atoms with Gasteiger partial charge in [-0.15, -0.1) is 0 Å². The van der Waals surface area contributed by atoms with Crippen LogP contribution in [0.25, 0.3) is 6.08 Å². The second-order valence-corrected chi connectivity index (χ2v) is 5.94. The molecule has 0 radical (unpaired) electrons. The summed E-state index contributed by atoms with van der Waals surface area (Å²) in [6.45, 7) is 3.92. The molecule has 0 aromatic heterocycles. The van der Waals surface area contributed by atoms with E-state index in [1.54, 1.807) is 0 Å². The number of nitrogens with one attached hydrogen (secondary N) is 1. The second kappa shape index (κ2) is 8.66. The molecule has 0 heterocycles. The topological polar surface area (TPSA) is 72.2 Å². The van der Waals surface area contributed by atoms with E-state index in [0.29, 0.717) is 6.42 Å². The molecule has 0 aliphatic heterocycles. The Balaban J connectivity index is 2.74. The van der Waals surface area contributed by atoms with Crippen LogP contribution in [0.2, 0.25) is 5.02 Å². The molecular weight excluding hydrogens is 307 g/mol. The van der Waals surface area contributed by atoms with Gasteiger partial charge >= 0.3 is 0 Å². The van der Waals surface area contributed by atoms with E-state index in [4.69, 9.17) is 17.4 Å². The maximum Gasteiger partial charge on any atom is 0.237 e. The summed E-state index contributed by atoms with van der Waals surface area (Å²) < 4.78 is 13.6. The van der Waals surface area contributed by atoms with E-state index in [1.165, 1.54) is 30.4 Å². The molecule has 0 unspecified atom stereocenters. The maximum atomic E-state index is 13.6. The second-order valence-electron chi connectivity index (χ2n) is 5.50. The zero-order valence-corrected chi connectivity index (χ0v) is 13.4. The molecule has 1 rings (SSSR count). The quantitative estimate of drug-likeness (QED) is 0.350.